The largest absolute Gasteiger partial charge is 0.491 e. The monoisotopic (exact) mass is 208 g/mol. The summed E-state index contributed by atoms with van der Waals surface area (Å²) in [5.74, 6) is 0.711. The predicted molar refractivity (Wildman–Crippen MR) is 58.2 cm³/mol. The summed E-state index contributed by atoms with van der Waals surface area (Å²) in [4.78, 5) is 11.0. The highest BCUT2D eigenvalue weighted by Crippen LogP contribution is 2.13. The van der Waals surface area contributed by atoms with E-state index < -0.39 is 6.10 Å². The van der Waals surface area contributed by atoms with Crippen LogP contribution in [0.1, 0.15) is 30.6 Å². The summed E-state index contributed by atoms with van der Waals surface area (Å²) in [6, 6.07) is 6.91. The molecule has 0 spiro atoms. The van der Waals surface area contributed by atoms with Crippen LogP contribution in [-0.4, -0.2) is 23.6 Å². The molecule has 1 atom stereocenters. The lowest BCUT2D eigenvalue weighted by Gasteiger charge is -2.10. The normalized spacial score (nSPS) is 12.2. The van der Waals surface area contributed by atoms with Crippen LogP contribution >= 0.6 is 0 Å². The van der Waals surface area contributed by atoms with E-state index in [0.717, 1.165) is 0 Å². The number of carbonyl (C=O) groups is 1. The van der Waals surface area contributed by atoms with E-state index in [1.807, 2.05) is 6.92 Å². The lowest BCUT2D eigenvalue weighted by Crippen LogP contribution is -2.15. The second kappa shape index (κ2) is 5.51. The van der Waals surface area contributed by atoms with Crippen molar-refractivity contribution in [2.75, 3.05) is 6.61 Å². The van der Waals surface area contributed by atoms with Gasteiger partial charge in [0.25, 0.3) is 0 Å². The number of Topliss-reactive ketones (excluding diaryl/α,β-unsaturated/α-hetero) is 1. The van der Waals surface area contributed by atoms with E-state index in [-0.39, 0.29) is 12.4 Å². The number of hydrogen-bond donors (Lipinski definition) is 1. The molecule has 0 aromatic heterocycles. The van der Waals surface area contributed by atoms with E-state index >= 15 is 0 Å². The van der Waals surface area contributed by atoms with Crippen LogP contribution in [0.2, 0.25) is 0 Å². The molecule has 0 amide bonds. The molecule has 1 aromatic rings. The molecule has 82 valence electrons. The van der Waals surface area contributed by atoms with E-state index in [2.05, 4.69) is 0 Å². The van der Waals surface area contributed by atoms with Gasteiger partial charge >= 0.3 is 0 Å². The molecule has 0 aliphatic rings. The summed E-state index contributed by atoms with van der Waals surface area (Å²) in [5, 5.41) is 9.28. The Balaban J connectivity index is 2.53. The molecule has 0 heterocycles. The maximum absolute atomic E-state index is 11.0. The summed E-state index contributed by atoms with van der Waals surface area (Å²) in [6.07, 6.45) is 0.239. The average molecular weight is 208 g/mol. The average Bonchev–Trinajstić information content (AvgIpc) is 2.26. The van der Waals surface area contributed by atoms with Crippen molar-refractivity contribution in [1.82, 2.24) is 0 Å². The fraction of sp³-hybridized carbons (Fsp3) is 0.417. The minimum absolute atomic E-state index is 0.0372. The number of aliphatic hydroxyl groups is 1. The Morgan fingerprint density at radius 2 is 2.00 bits per heavy atom. The standard InChI is InChI=1S/C12H16O3/c1-3-11(14)8-15-12-6-4-10(5-7-12)9(2)13/h4-7,11,14H,3,8H2,1-2H3. The van der Waals surface area contributed by atoms with Crippen molar-refractivity contribution in [3.63, 3.8) is 0 Å². The number of aliphatic hydroxyl groups excluding tert-OH is 1. The molecule has 1 N–H and O–H groups in total. The van der Waals surface area contributed by atoms with Crippen LogP contribution < -0.4 is 4.74 Å². The molecule has 0 saturated carbocycles. The van der Waals surface area contributed by atoms with Crippen LogP contribution in [-0.2, 0) is 0 Å². The summed E-state index contributed by atoms with van der Waals surface area (Å²) in [5.41, 5.74) is 0.665. The predicted octanol–water partition coefficient (Wildman–Crippen LogP) is 2.04. The molecule has 0 aliphatic carbocycles. The van der Waals surface area contributed by atoms with E-state index in [1.165, 1.54) is 6.92 Å². The van der Waals surface area contributed by atoms with Crippen LogP contribution in [0, 0.1) is 0 Å². The molecular weight excluding hydrogens is 192 g/mol. The lowest BCUT2D eigenvalue weighted by atomic mass is 10.1. The Hall–Kier alpha value is -1.35. The first kappa shape index (κ1) is 11.7. The van der Waals surface area contributed by atoms with Gasteiger partial charge in [-0.05, 0) is 37.6 Å². The first-order valence-electron chi connectivity index (χ1n) is 5.05. The molecule has 1 aromatic carbocycles. The second-order valence-electron chi connectivity index (χ2n) is 3.45. The minimum atomic E-state index is -0.433. The highest BCUT2D eigenvalue weighted by Gasteiger charge is 2.03. The quantitative estimate of drug-likeness (QED) is 0.753. The summed E-state index contributed by atoms with van der Waals surface area (Å²) >= 11 is 0. The first-order valence-corrected chi connectivity index (χ1v) is 5.05. The van der Waals surface area contributed by atoms with Crippen LogP contribution in [0.3, 0.4) is 0 Å². The Morgan fingerprint density at radius 3 is 2.47 bits per heavy atom. The fourth-order valence-electron chi connectivity index (χ4n) is 1.10. The number of rotatable bonds is 5. The Labute approximate surface area is 89.7 Å². The smallest absolute Gasteiger partial charge is 0.159 e. The van der Waals surface area contributed by atoms with Crippen LogP contribution in [0.25, 0.3) is 0 Å². The van der Waals surface area contributed by atoms with E-state index in [4.69, 9.17) is 4.74 Å². The fourth-order valence-corrected chi connectivity index (χ4v) is 1.10. The molecule has 3 nitrogen and oxygen atoms in total. The number of benzene rings is 1. The van der Waals surface area contributed by atoms with Gasteiger partial charge in [0.15, 0.2) is 5.78 Å². The summed E-state index contributed by atoms with van der Waals surface area (Å²) in [6.45, 7) is 3.71. The zero-order chi connectivity index (χ0) is 11.3. The third-order valence-electron chi connectivity index (χ3n) is 2.17. The molecule has 0 aliphatic heterocycles. The van der Waals surface area contributed by atoms with Crippen LogP contribution in [0.15, 0.2) is 24.3 Å². The van der Waals surface area contributed by atoms with Crippen molar-refractivity contribution in [2.24, 2.45) is 0 Å². The zero-order valence-electron chi connectivity index (χ0n) is 9.06. The van der Waals surface area contributed by atoms with Gasteiger partial charge in [-0.1, -0.05) is 6.92 Å². The third kappa shape index (κ3) is 3.72. The molecule has 3 heteroatoms. The van der Waals surface area contributed by atoms with Crippen LogP contribution in [0.4, 0.5) is 0 Å². The van der Waals surface area contributed by atoms with Gasteiger partial charge in [0.05, 0.1) is 6.10 Å². The minimum Gasteiger partial charge on any atom is -0.491 e. The molecule has 15 heavy (non-hydrogen) atoms. The van der Waals surface area contributed by atoms with E-state index in [1.54, 1.807) is 24.3 Å². The van der Waals surface area contributed by atoms with Crippen molar-refractivity contribution in [1.29, 1.82) is 0 Å². The van der Waals surface area contributed by atoms with Gasteiger partial charge in [0.2, 0.25) is 0 Å². The number of carbonyl (C=O) groups excluding carboxylic acids is 1. The van der Waals surface area contributed by atoms with E-state index in [9.17, 15) is 9.90 Å². The maximum atomic E-state index is 11.0. The van der Waals surface area contributed by atoms with Crippen molar-refractivity contribution in [2.45, 2.75) is 26.4 Å². The van der Waals surface area contributed by atoms with Gasteiger partial charge in [-0.25, -0.2) is 0 Å². The van der Waals surface area contributed by atoms with Gasteiger partial charge in [-0.15, -0.1) is 0 Å². The molecular formula is C12H16O3. The molecule has 1 rings (SSSR count). The highest BCUT2D eigenvalue weighted by molar-refractivity contribution is 5.94. The van der Waals surface area contributed by atoms with Crippen molar-refractivity contribution >= 4 is 5.78 Å². The molecule has 0 fully saturated rings. The first-order chi connectivity index (χ1) is 7.13. The van der Waals surface area contributed by atoms with Gasteiger partial charge in [0.1, 0.15) is 12.4 Å². The van der Waals surface area contributed by atoms with Gasteiger partial charge in [-0.3, -0.25) is 4.79 Å². The zero-order valence-corrected chi connectivity index (χ0v) is 9.06. The molecule has 0 radical (unpaired) electrons. The van der Waals surface area contributed by atoms with Crippen molar-refractivity contribution in [3.8, 4) is 5.75 Å². The Bertz CT molecular complexity index is 316. The number of ketones is 1. The third-order valence-corrected chi connectivity index (χ3v) is 2.17. The SMILES string of the molecule is CCC(O)COc1ccc(C(C)=O)cc1. The van der Waals surface area contributed by atoms with Crippen LogP contribution in [0.5, 0.6) is 5.75 Å². The topological polar surface area (TPSA) is 46.5 Å². The Kier molecular flexibility index (Phi) is 4.31. The molecule has 0 saturated heterocycles. The molecule has 0 bridgehead atoms. The summed E-state index contributed by atoms with van der Waals surface area (Å²) in [7, 11) is 0. The van der Waals surface area contributed by atoms with Gasteiger partial charge in [-0.2, -0.15) is 0 Å². The van der Waals surface area contributed by atoms with Crippen molar-refractivity contribution in [3.05, 3.63) is 29.8 Å². The highest BCUT2D eigenvalue weighted by atomic mass is 16.5. The van der Waals surface area contributed by atoms with Crippen molar-refractivity contribution < 1.29 is 14.6 Å². The van der Waals surface area contributed by atoms with E-state index in [0.29, 0.717) is 17.7 Å². The maximum Gasteiger partial charge on any atom is 0.159 e. The van der Waals surface area contributed by atoms with Gasteiger partial charge in [0, 0.05) is 5.56 Å². The number of hydrogen-bond acceptors (Lipinski definition) is 3. The molecule has 1 unspecified atom stereocenters. The number of ether oxygens (including phenoxy) is 1. The lowest BCUT2D eigenvalue weighted by molar-refractivity contribution is 0.101. The summed E-state index contributed by atoms with van der Waals surface area (Å²) < 4.78 is 5.33. The van der Waals surface area contributed by atoms with Gasteiger partial charge < -0.3 is 9.84 Å². The Morgan fingerprint density at radius 1 is 1.40 bits per heavy atom. The second-order valence-corrected chi connectivity index (χ2v) is 3.45.